The van der Waals surface area contributed by atoms with Gasteiger partial charge in [-0.2, -0.15) is 0 Å². The Kier molecular flexibility index (Phi) is 11.2. The van der Waals surface area contributed by atoms with Crippen LogP contribution < -0.4 is 0 Å². The molecule has 4 heterocycles. The zero-order chi connectivity index (χ0) is 30.2. The van der Waals surface area contributed by atoms with Gasteiger partial charge in [-0.15, -0.1) is 0 Å². The summed E-state index contributed by atoms with van der Waals surface area (Å²) in [6, 6.07) is 0. The Bertz CT molecular complexity index is 820. The molecule has 0 aromatic heterocycles. The highest BCUT2D eigenvalue weighted by molar-refractivity contribution is 4.95. The van der Waals surface area contributed by atoms with Gasteiger partial charge in [-0.05, 0) is 0 Å². The molecule has 0 amide bonds. The van der Waals surface area contributed by atoms with Gasteiger partial charge in [0.2, 0.25) is 0 Å². The van der Waals surface area contributed by atoms with Crippen molar-refractivity contribution in [2.45, 2.75) is 111 Å². The van der Waals surface area contributed by atoms with Crippen LogP contribution in [-0.2, 0) is 33.2 Å². The second-order valence-corrected chi connectivity index (χ2v) is 10.2. The third kappa shape index (κ3) is 6.83. The third-order valence-electron chi connectivity index (χ3n) is 7.47. The lowest BCUT2D eigenvalue weighted by molar-refractivity contribution is -0.373. The molecule has 0 aromatic rings. The van der Waals surface area contributed by atoms with Crippen molar-refractivity contribution in [1.29, 1.82) is 0 Å². The number of rotatable bonds is 8. The number of ether oxygens (including phenoxy) is 7. The second kappa shape index (κ2) is 13.9. The minimum atomic E-state index is -1.86. The van der Waals surface area contributed by atoms with Crippen molar-refractivity contribution in [2.75, 3.05) is 26.4 Å². The van der Waals surface area contributed by atoms with E-state index in [4.69, 9.17) is 33.2 Å². The molecule has 0 unspecified atom stereocenters. The van der Waals surface area contributed by atoms with Gasteiger partial charge in [-0.3, -0.25) is 0 Å². The lowest BCUT2D eigenvalue weighted by Gasteiger charge is -2.47. The Balaban J connectivity index is 1.35. The Morgan fingerprint density at radius 3 is 1.54 bits per heavy atom. The van der Waals surface area contributed by atoms with E-state index in [2.05, 4.69) is 0 Å². The standard InChI is InChI=1S/C22H38O19/c23-1-5-9(25)12(28)16(32)21(37-5)40-8-4-36-20(15(31)11(8)27)41-18-6(2-24)38-22(17(33)13(18)29)39-7-3-35-19(34)14(30)10(7)26/h5-34H,1-4H2/t5-,6-,7-,8-,9-,10+,11+,12+,13-,14-,15-,16+,17+,18-,19+,20+,21+,22+/m1/s1. The first-order chi connectivity index (χ1) is 19.4. The maximum Gasteiger partial charge on any atom is 0.187 e. The third-order valence-corrected chi connectivity index (χ3v) is 7.47. The van der Waals surface area contributed by atoms with Crippen LogP contribution in [0.2, 0.25) is 0 Å². The van der Waals surface area contributed by atoms with E-state index in [1.807, 2.05) is 0 Å². The average molecular weight is 607 g/mol. The normalized spacial score (nSPS) is 53.3. The summed E-state index contributed by atoms with van der Waals surface area (Å²) in [5.41, 5.74) is 0. The van der Waals surface area contributed by atoms with Gasteiger partial charge in [0.15, 0.2) is 25.2 Å². The fraction of sp³-hybridized carbons (Fsp3) is 1.00. The van der Waals surface area contributed by atoms with Crippen LogP contribution in [0.25, 0.3) is 0 Å². The summed E-state index contributed by atoms with van der Waals surface area (Å²) in [6.45, 7) is -2.41. The number of hydrogen-bond donors (Lipinski definition) is 12. The average Bonchev–Trinajstić information content (AvgIpc) is 2.96. The molecule has 18 atom stereocenters. The van der Waals surface area contributed by atoms with Crippen molar-refractivity contribution >= 4 is 0 Å². The summed E-state index contributed by atoms with van der Waals surface area (Å²) in [4.78, 5) is 0. The molecule has 0 saturated carbocycles. The van der Waals surface area contributed by atoms with Crippen LogP contribution in [0.5, 0.6) is 0 Å². The van der Waals surface area contributed by atoms with Crippen LogP contribution in [0.4, 0.5) is 0 Å². The van der Waals surface area contributed by atoms with Crippen molar-refractivity contribution in [1.82, 2.24) is 0 Å². The van der Waals surface area contributed by atoms with Crippen LogP contribution in [-0.4, -0.2) is 198 Å². The molecule has 4 rings (SSSR count). The van der Waals surface area contributed by atoms with Gasteiger partial charge in [0, 0.05) is 0 Å². The molecule has 19 heteroatoms. The molecule has 4 fully saturated rings. The Morgan fingerprint density at radius 2 is 0.951 bits per heavy atom. The summed E-state index contributed by atoms with van der Waals surface area (Å²) < 4.78 is 37.3. The maximum absolute atomic E-state index is 10.7. The van der Waals surface area contributed by atoms with Crippen molar-refractivity contribution in [3.8, 4) is 0 Å². The molecule has 0 spiro atoms. The van der Waals surface area contributed by atoms with Gasteiger partial charge in [0.05, 0.1) is 26.4 Å². The Morgan fingerprint density at radius 1 is 0.463 bits per heavy atom. The molecule has 12 N–H and O–H groups in total. The van der Waals surface area contributed by atoms with Crippen LogP contribution in [0.1, 0.15) is 0 Å². The molecular formula is C22H38O19. The van der Waals surface area contributed by atoms with Gasteiger partial charge in [0.25, 0.3) is 0 Å². The number of hydrogen-bond acceptors (Lipinski definition) is 19. The first kappa shape index (κ1) is 33.1. The van der Waals surface area contributed by atoms with Gasteiger partial charge in [-0.1, -0.05) is 0 Å². The van der Waals surface area contributed by atoms with Crippen LogP contribution in [0.15, 0.2) is 0 Å². The van der Waals surface area contributed by atoms with Crippen molar-refractivity contribution in [3.63, 3.8) is 0 Å². The fourth-order valence-corrected chi connectivity index (χ4v) is 4.92. The van der Waals surface area contributed by atoms with Crippen LogP contribution >= 0.6 is 0 Å². The highest BCUT2D eigenvalue weighted by Gasteiger charge is 2.52. The molecule has 4 aliphatic rings. The maximum atomic E-state index is 10.7. The summed E-state index contributed by atoms with van der Waals surface area (Å²) in [5.74, 6) is 0. The highest BCUT2D eigenvalue weighted by atomic mass is 16.8. The van der Waals surface area contributed by atoms with Crippen LogP contribution in [0, 0.1) is 0 Å². The summed E-state index contributed by atoms with van der Waals surface area (Å²) in [5, 5.41) is 121. The lowest BCUT2D eigenvalue weighted by Crippen LogP contribution is -2.65. The highest BCUT2D eigenvalue weighted by Crippen LogP contribution is 2.31. The van der Waals surface area contributed by atoms with Gasteiger partial charge in [0.1, 0.15) is 85.5 Å². The van der Waals surface area contributed by atoms with Gasteiger partial charge >= 0.3 is 0 Å². The molecule has 41 heavy (non-hydrogen) atoms. The van der Waals surface area contributed by atoms with E-state index in [1.54, 1.807) is 0 Å². The predicted octanol–water partition coefficient (Wildman–Crippen LogP) is -8.47. The van der Waals surface area contributed by atoms with Crippen molar-refractivity contribution < 1.29 is 94.4 Å². The molecular weight excluding hydrogens is 568 g/mol. The minimum absolute atomic E-state index is 0.405. The largest absolute Gasteiger partial charge is 0.394 e. The van der Waals surface area contributed by atoms with Crippen molar-refractivity contribution in [2.24, 2.45) is 0 Å². The molecule has 4 aliphatic heterocycles. The number of aliphatic hydroxyl groups is 12. The second-order valence-electron chi connectivity index (χ2n) is 10.2. The zero-order valence-corrected chi connectivity index (χ0v) is 21.4. The number of aliphatic hydroxyl groups excluding tert-OH is 12. The molecule has 19 nitrogen and oxygen atoms in total. The minimum Gasteiger partial charge on any atom is -0.394 e. The van der Waals surface area contributed by atoms with E-state index in [9.17, 15) is 61.3 Å². The Labute approximate surface area is 232 Å². The van der Waals surface area contributed by atoms with E-state index >= 15 is 0 Å². The molecule has 4 saturated heterocycles. The molecule has 0 bridgehead atoms. The van der Waals surface area contributed by atoms with Crippen LogP contribution in [0.3, 0.4) is 0 Å². The predicted molar refractivity (Wildman–Crippen MR) is 122 cm³/mol. The first-order valence-corrected chi connectivity index (χ1v) is 12.9. The molecule has 0 aliphatic carbocycles. The van der Waals surface area contributed by atoms with E-state index < -0.39 is 137 Å². The Hall–Kier alpha value is -0.760. The first-order valence-electron chi connectivity index (χ1n) is 12.9. The van der Waals surface area contributed by atoms with E-state index in [0.717, 1.165) is 0 Å². The van der Waals surface area contributed by atoms with Crippen molar-refractivity contribution in [3.05, 3.63) is 0 Å². The molecule has 0 radical (unpaired) electrons. The monoisotopic (exact) mass is 606 g/mol. The smallest absolute Gasteiger partial charge is 0.187 e. The van der Waals surface area contributed by atoms with Gasteiger partial charge < -0.3 is 94.4 Å². The fourth-order valence-electron chi connectivity index (χ4n) is 4.92. The molecule has 240 valence electrons. The topological polar surface area (TPSA) is 307 Å². The summed E-state index contributed by atoms with van der Waals surface area (Å²) in [6.07, 6.45) is -29.4. The summed E-state index contributed by atoms with van der Waals surface area (Å²) >= 11 is 0. The lowest BCUT2D eigenvalue weighted by atomic mass is 9.97. The van der Waals surface area contributed by atoms with E-state index in [1.165, 1.54) is 0 Å². The van der Waals surface area contributed by atoms with Gasteiger partial charge in [-0.25, -0.2) is 0 Å². The van der Waals surface area contributed by atoms with E-state index in [0.29, 0.717) is 0 Å². The molecule has 0 aromatic carbocycles. The zero-order valence-electron chi connectivity index (χ0n) is 21.4. The SMILES string of the molecule is OC[C@H]1O[C@@H](O[C@@H]2CO[C@@H](O[C@H]3[C@H](O)[C@H](O)[C@H](O[C@@H]4CO[C@H](O)[C@H](O)[C@H]4O)O[C@@H]3CO)[C@H](O)[C@H]2O)[C@@H](O)[C@@H](O)[C@@H]1O. The van der Waals surface area contributed by atoms with E-state index in [-0.39, 0.29) is 0 Å². The quantitative estimate of drug-likeness (QED) is 0.122. The summed E-state index contributed by atoms with van der Waals surface area (Å²) in [7, 11) is 0.